The van der Waals surface area contributed by atoms with Gasteiger partial charge in [-0.2, -0.15) is 0 Å². The van der Waals surface area contributed by atoms with Crippen LogP contribution in [0.15, 0.2) is 10.6 Å². The van der Waals surface area contributed by atoms with Gasteiger partial charge in [-0.3, -0.25) is 9.59 Å². The van der Waals surface area contributed by atoms with Gasteiger partial charge in [0.15, 0.2) is 5.82 Å². The summed E-state index contributed by atoms with van der Waals surface area (Å²) < 4.78 is 8.72. The first-order valence-electron chi connectivity index (χ1n) is 7.37. The lowest BCUT2D eigenvalue weighted by Gasteiger charge is -2.30. The zero-order valence-electron chi connectivity index (χ0n) is 12.9. The van der Waals surface area contributed by atoms with Gasteiger partial charge in [-0.1, -0.05) is 9.64 Å². The minimum atomic E-state index is -0.128. The number of hydrogen-bond acceptors (Lipinski definition) is 7. The summed E-state index contributed by atoms with van der Waals surface area (Å²) in [5, 5.41) is 10.4. The Labute approximate surface area is 137 Å². The van der Waals surface area contributed by atoms with Gasteiger partial charge in [0.25, 0.3) is 5.91 Å². The third kappa shape index (κ3) is 3.39. The lowest BCUT2D eigenvalue weighted by molar-refractivity contribution is -0.121. The molecule has 8 nitrogen and oxygen atoms in total. The number of nitrogens with one attached hydrogen (secondary N) is 1. The second kappa shape index (κ2) is 6.45. The maximum Gasteiger partial charge on any atom is 0.267 e. The standard InChI is InChI=1S/C14H17N5O3S/c1-8-7-11(17-22-8)15-13(20)10-3-5-19(6-4-10)14(21)12-9(2)16-18-23-12/h7,10H,3-6H2,1-2H3,(H,15,17,20). The normalized spacial score (nSPS) is 15.7. The van der Waals surface area contributed by atoms with Gasteiger partial charge in [-0.15, -0.1) is 5.10 Å². The maximum absolute atomic E-state index is 12.4. The van der Waals surface area contributed by atoms with E-state index in [0.717, 1.165) is 11.5 Å². The Morgan fingerprint density at radius 1 is 1.35 bits per heavy atom. The van der Waals surface area contributed by atoms with Crippen molar-refractivity contribution in [3.63, 3.8) is 0 Å². The lowest BCUT2D eigenvalue weighted by atomic mass is 9.95. The third-order valence-electron chi connectivity index (χ3n) is 3.88. The SMILES string of the molecule is Cc1cc(NC(=O)C2CCN(C(=O)c3snnc3C)CC2)no1. The van der Waals surface area contributed by atoms with Crippen molar-refractivity contribution < 1.29 is 14.1 Å². The van der Waals surface area contributed by atoms with Crippen molar-refractivity contribution in [1.82, 2.24) is 19.6 Å². The van der Waals surface area contributed by atoms with E-state index in [2.05, 4.69) is 20.1 Å². The molecule has 1 aliphatic rings. The van der Waals surface area contributed by atoms with Crippen molar-refractivity contribution >= 4 is 29.2 Å². The molecule has 0 atom stereocenters. The average Bonchev–Trinajstić information content (AvgIpc) is 3.15. The monoisotopic (exact) mass is 335 g/mol. The van der Waals surface area contributed by atoms with E-state index >= 15 is 0 Å². The second-order valence-electron chi connectivity index (χ2n) is 5.57. The first-order valence-corrected chi connectivity index (χ1v) is 8.14. The zero-order valence-corrected chi connectivity index (χ0v) is 13.7. The zero-order chi connectivity index (χ0) is 16.4. The molecular formula is C14H17N5O3S. The highest BCUT2D eigenvalue weighted by atomic mass is 32.1. The van der Waals surface area contributed by atoms with Crippen LogP contribution < -0.4 is 5.32 Å². The Morgan fingerprint density at radius 2 is 2.09 bits per heavy atom. The summed E-state index contributed by atoms with van der Waals surface area (Å²) in [7, 11) is 0. The van der Waals surface area contributed by atoms with Crippen molar-refractivity contribution in [2.24, 2.45) is 5.92 Å². The molecular weight excluding hydrogens is 318 g/mol. The van der Waals surface area contributed by atoms with E-state index in [1.165, 1.54) is 0 Å². The van der Waals surface area contributed by atoms with Crippen LogP contribution in [-0.4, -0.2) is 44.5 Å². The first kappa shape index (κ1) is 15.6. The number of nitrogens with zero attached hydrogens (tertiary/aromatic N) is 4. The Morgan fingerprint density at radius 3 is 2.65 bits per heavy atom. The average molecular weight is 335 g/mol. The van der Waals surface area contributed by atoms with E-state index in [1.54, 1.807) is 24.8 Å². The fraction of sp³-hybridized carbons (Fsp3) is 0.500. The smallest absolute Gasteiger partial charge is 0.267 e. The first-order chi connectivity index (χ1) is 11.0. The lowest BCUT2D eigenvalue weighted by Crippen LogP contribution is -2.41. The summed E-state index contributed by atoms with van der Waals surface area (Å²) in [5.41, 5.74) is 0.654. The number of aryl methyl sites for hydroxylation is 2. The molecule has 3 heterocycles. The summed E-state index contributed by atoms with van der Waals surface area (Å²) >= 11 is 1.11. The quantitative estimate of drug-likeness (QED) is 0.915. The molecule has 2 aromatic rings. The van der Waals surface area contributed by atoms with Crippen LogP contribution in [0.5, 0.6) is 0 Å². The van der Waals surface area contributed by atoms with Crippen molar-refractivity contribution in [3.05, 3.63) is 22.4 Å². The summed E-state index contributed by atoms with van der Waals surface area (Å²) in [6.07, 6.45) is 1.25. The number of carbonyl (C=O) groups excluding carboxylic acids is 2. The Balaban J connectivity index is 1.55. The summed E-state index contributed by atoms with van der Waals surface area (Å²) in [6.45, 7) is 4.64. The Hall–Kier alpha value is -2.29. The number of likely N-dealkylation sites (tertiary alicyclic amines) is 1. The van der Waals surface area contributed by atoms with E-state index < -0.39 is 0 Å². The maximum atomic E-state index is 12.4. The van der Waals surface area contributed by atoms with Gasteiger partial charge in [0.05, 0.1) is 5.69 Å². The molecule has 1 saturated heterocycles. The molecule has 0 spiro atoms. The van der Waals surface area contributed by atoms with E-state index in [9.17, 15) is 9.59 Å². The van der Waals surface area contributed by atoms with Gasteiger partial charge >= 0.3 is 0 Å². The van der Waals surface area contributed by atoms with Gasteiger partial charge < -0.3 is 14.7 Å². The van der Waals surface area contributed by atoms with Gasteiger partial charge in [0.2, 0.25) is 5.91 Å². The van der Waals surface area contributed by atoms with E-state index in [-0.39, 0.29) is 17.7 Å². The highest BCUT2D eigenvalue weighted by Crippen LogP contribution is 2.22. The number of hydrogen-bond donors (Lipinski definition) is 1. The number of rotatable bonds is 3. The minimum absolute atomic E-state index is 0.0523. The van der Waals surface area contributed by atoms with Crippen molar-refractivity contribution in [1.29, 1.82) is 0 Å². The molecule has 0 aliphatic carbocycles. The van der Waals surface area contributed by atoms with Crippen LogP contribution in [0.4, 0.5) is 5.82 Å². The molecule has 0 radical (unpaired) electrons. The number of piperidine rings is 1. The number of amides is 2. The largest absolute Gasteiger partial charge is 0.360 e. The molecule has 0 saturated carbocycles. The Kier molecular flexibility index (Phi) is 4.37. The van der Waals surface area contributed by atoms with Crippen LogP contribution in [0, 0.1) is 19.8 Å². The molecule has 0 unspecified atom stereocenters. The van der Waals surface area contributed by atoms with Crippen LogP contribution in [0.1, 0.15) is 34.0 Å². The second-order valence-corrected chi connectivity index (χ2v) is 6.32. The van der Waals surface area contributed by atoms with E-state index in [0.29, 0.717) is 48.1 Å². The summed E-state index contributed by atoms with van der Waals surface area (Å²) in [5.74, 6) is 0.813. The highest BCUT2D eigenvalue weighted by Gasteiger charge is 2.29. The molecule has 1 N–H and O–H groups in total. The van der Waals surface area contributed by atoms with Crippen molar-refractivity contribution in [2.75, 3.05) is 18.4 Å². The van der Waals surface area contributed by atoms with Crippen LogP contribution in [0.25, 0.3) is 0 Å². The number of aromatic nitrogens is 3. The molecule has 2 amide bonds. The summed E-state index contributed by atoms with van der Waals surface area (Å²) in [6, 6.07) is 1.68. The van der Waals surface area contributed by atoms with Crippen LogP contribution in [0.2, 0.25) is 0 Å². The molecule has 1 fully saturated rings. The topological polar surface area (TPSA) is 101 Å². The van der Waals surface area contributed by atoms with Crippen LogP contribution in [0.3, 0.4) is 0 Å². The van der Waals surface area contributed by atoms with E-state index in [4.69, 9.17) is 4.52 Å². The molecule has 0 aromatic carbocycles. The summed E-state index contributed by atoms with van der Waals surface area (Å²) in [4.78, 5) is 26.9. The minimum Gasteiger partial charge on any atom is -0.360 e. The van der Waals surface area contributed by atoms with Crippen LogP contribution in [-0.2, 0) is 4.79 Å². The van der Waals surface area contributed by atoms with Crippen molar-refractivity contribution in [2.45, 2.75) is 26.7 Å². The number of carbonyl (C=O) groups is 2. The Bertz CT molecular complexity index is 718. The van der Waals surface area contributed by atoms with Gasteiger partial charge in [0, 0.05) is 25.1 Å². The molecule has 122 valence electrons. The van der Waals surface area contributed by atoms with Gasteiger partial charge in [-0.05, 0) is 38.2 Å². The molecule has 1 aliphatic heterocycles. The molecule has 3 rings (SSSR count). The third-order valence-corrected chi connectivity index (χ3v) is 4.69. The predicted molar refractivity (Wildman–Crippen MR) is 83.1 cm³/mol. The molecule has 0 bridgehead atoms. The molecule has 2 aromatic heterocycles. The van der Waals surface area contributed by atoms with Gasteiger partial charge in [-0.25, -0.2) is 0 Å². The highest BCUT2D eigenvalue weighted by molar-refractivity contribution is 7.07. The van der Waals surface area contributed by atoms with Crippen LogP contribution >= 0.6 is 11.5 Å². The van der Waals surface area contributed by atoms with E-state index in [1.807, 2.05) is 0 Å². The van der Waals surface area contributed by atoms with Gasteiger partial charge in [0.1, 0.15) is 10.6 Å². The molecule has 23 heavy (non-hydrogen) atoms. The fourth-order valence-electron chi connectivity index (χ4n) is 2.57. The van der Waals surface area contributed by atoms with Crippen molar-refractivity contribution in [3.8, 4) is 0 Å². The predicted octanol–water partition coefficient (Wildman–Crippen LogP) is 1.63. The number of anilines is 1. The fourth-order valence-corrected chi connectivity index (χ4v) is 3.19. The molecule has 9 heteroatoms.